The smallest absolute Gasteiger partial charge is 0.418 e. The van der Waals surface area contributed by atoms with E-state index in [0.717, 1.165) is 12.2 Å². The molecule has 194 valence electrons. The van der Waals surface area contributed by atoms with Gasteiger partial charge in [0.05, 0.1) is 0 Å². The van der Waals surface area contributed by atoms with E-state index in [1.807, 2.05) is 0 Å². The average molecular weight is 503 g/mol. The van der Waals surface area contributed by atoms with Gasteiger partial charge in [0.1, 0.15) is 24.4 Å². The fourth-order valence-corrected chi connectivity index (χ4v) is 5.21. The summed E-state index contributed by atoms with van der Waals surface area (Å²) in [6.07, 6.45) is 3.40. The second kappa shape index (κ2) is 10.00. The number of benzene rings is 2. The third kappa shape index (κ3) is 5.36. The molecule has 0 fully saturated rings. The van der Waals surface area contributed by atoms with Crippen molar-refractivity contribution in [2.24, 2.45) is 0 Å². The predicted octanol–water partition coefficient (Wildman–Crippen LogP) is 6.87. The highest BCUT2D eigenvalue weighted by atomic mass is 19.5. The minimum atomic E-state index is -6.00. The Labute approximate surface area is 210 Å². The molecule has 3 aromatic rings. The van der Waals surface area contributed by atoms with Crippen LogP contribution in [0.25, 0.3) is 5.69 Å². The first-order chi connectivity index (χ1) is 16.8. The Morgan fingerprint density at radius 3 is 2.08 bits per heavy atom. The summed E-state index contributed by atoms with van der Waals surface area (Å²) in [6, 6.07) is 13.8. The van der Waals surface area contributed by atoms with Crippen LogP contribution in [-0.4, -0.2) is 23.1 Å². The summed E-state index contributed by atoms with van der Waals surface area (Å²) in [7, 11) is -6.00. The van der Waals surface area contributed by atoms with Crippen molar-refractivity contribution in [1.29, 1.82) is 0 Å². The fourth-order valence-electron chi connectivity index (χ4n) is 5.21. The van der Waals surface area contributed by atoms with Gasteiger partial charge in [-0.25, -0.2) is 4.57 Å². The molecule has 1 aromatic heterocycles. The lowest BCUT2D eigenvalue weighted by atomic mass is 9.87. The van der Waals surface area contributed by atoms with Gasteiger partial charge >= 0.3 is 13.1 Å². The fraction of sp³-hybridized carbons (Fsp3) is 0.481. The zero-order valence-corrected chi connectivity index (χ0v) is 21.7. The van der Waals surface area contributed by atoms with E-state index in [9.17, 15) is 17.3 Å². The maximum Gasteiger partial charge on any atom is 0.673 e. The van der Waals surface area contributed by atoms with E-state index in [1.54, 1.807) is 0 Å². The molecule has 4 nitrogen and oxygen atoms in total. The highest BCUT2D eigenvalue weighted by Crippen LogP contribution is 2.37. The lowest BCUT2D eigenvalue weighted by Crippen LogP contribution is -2.51. The molecular weight excluding hydrogens is 469 g/mol. The highest BCUT2D eigenvalue weighted by Gasteiger charge is 2.43. The first-order valence-corrected chi connectivity index (χ1v) is 12.6. The number of halogens is 4. The molecule has 0 radical (unpaired) electrons. The molecule has 2 aliphatic rings. The van der Waals surface area contributed by atoms with Crippen LogP contribution in [0.4, 0.5) is 17.3 Å². The van der Waals surface area contributed by atoms with E-state index in [0.29, 0.717) is 24.4 Å². The van der Waals surface area contributed by atoms with Crippen molar-refractivity contribution in [1.82, 2.24) is 9.78 Å². The largest absolute Gasteiger partial charge is 0.673 e. The van der Waals surface area contributed by atoms with Gasteiger partial charge in [-0.05, 0) is 45.6 Å². The predicted molar refractivity (Wildman–Crippen MR) is 133 cm³/mol. The quantitative estimate of drug-likeness (QED) is 0.221. The second-order valence-corrected chi connectivity index (χ2v) is 10.6. The zero-order chi connectivity index (χ0) is 26.4. The number of rotatable bonds is 4. The van der Waals surface area contributed by atoms with Crippen LogP contribution in [-0.2, 0) is 17.8 Å². The SMILES string of the molecule is CC(C)c1cc(C(C)C)c(-n2c[n+]3c(n2)CO[C@@H]2Cc4ccccc4[C@@H]23)c(C(C)C)c1.F[B-](F)(F)F. The molecule has 0 bridgehead atoms. The summed E-state index contributed by atoms with van der Waals surface area (Å²) in [5.74, 6) is 2.37. The Bertz CT molecular complexity index is 1200. The van der Waals surface area contributed by atoms with Crippen molar-refractivity contribution in [2.75, 3.05) is 0 Å². The van der Waals surface area contributed by atoms with Crippen molar-refractivity contribution < 1.29 is 26.6 Å². The van der Waals surface area contributed by atoms with Crippen LogP contribution in [0.15, 0.2) is 42.7 Å². The molecule has 0 unspecified atom stereocenters. The van der Waals surface area contributed by atoms with Gasteiger partial charge in [-0.3, -0.25) is 0 Å². The number of hydrogen-bond donors (Lipinski definition) is 0. The molecular formula is C27H34BF4N3O. The van der Waals surface area contributed by atoms with Crippen molar-refractivity contribution in [2.45, 2.75) is 84.5 Å². The Morgan fingerprint density at radius 1 is 0.944 bits per heavy atom. The van der Waals surface area contributed by atoms with Crippen LogP contribution >= 0.6 is 0 Å². The first-order valence-electron chi connectivity index (χ1n) is 12.6. The highest BCUT2D eigenvalue weighted by molar-refractivity contribution is 6.50. The normalized spacial score (nSPS) is 18.7. The van der Waals surface area contributed by atoms with Crippen LogP contribution in [0.5, 0.6) is 0 Å². The van der Waals surface area contributed by atoms with Crippen LogP contribution in [0.3, 0.4) is 0 Å². The Hall–Kier alpha value is -2.68. The van der Waals surface area contributed by atoms with E-state index in [-0.39, 0.29) is 12.1 Å². The molecule has 0 spiro atoms. The maximum atomic E-state index is 9.75. The van der Waals surface area contributed by atoms with Gasteiger partial charge in [0.2, 0.25) is 6.33 Å². The lowest BCUT2D eigenvalue weighted by molar-refractivity contribution is -0.739. The van der Waals surface area contributed by atoms with Gasteiger partial charge in [-0.2, -0.15) is 0 Å². The van der Waals surface area contributed by atoms with E-state index >= 15 is 0 Å². The number of nitrogens with zero attached hydrogens (tertiary/aromatic N) is 3. The van der Waals surface area contributed by atoms with Crippen molar-refractivity contribution in [3.8, 4) is 5.69 Å². The van der Waals surface area contributed by atoms with Crippen molar-refractivity contribution in [3.63, 3.8) is 0 Å². The number of hydrogen-bond acceptors (Lipinski definition) is 2. The maximum absolute atomic E-state index is 9.75. The van der Waals surface area contributed by atoms with Crippen molar-refractivity contribution in [3.05, 3.63) is 76.4 Å². The molecule has 5 rings (SSSR count). The van der Waals surface area contributed by atoms with Gasteiger partial charge in [0.25, 0.3) is 0 Å². The van der Waals surface area contributed by atoms with Gasteiger partial charge in [0, 0.05) is 11.5 Å². The number of fused-ring (bicyclic) bond motifs is 5. The average Bonchev–Trinajstić information content (AvgIpc) is 3.37. The molecule has 0 saturated carbocycles. The summed E-state index contributed by atoms with van der Waals surface area (Å²) < 4.78 is 49.8. The summed E-state index contributed by atoms with van der Waals surface area (Å²) in [6.45, 7) is 14.3. The molecule has 9 heteroatoms. The Kier molecular flexibility index (Phi) is 7.33. The van der Waals surface area contributed by atoms with E-state index < -0.39 is 7.25 Å². The molecule has 1 aliphatic carbocycles. The number of aromatic nitrogens is 3. The zero-order valence-electron chi connectivity index (χ0n) is 21.7. The molecule has 2 heterocycles. The molecule has 0 N–H and O–H groups in total. The topological polar surface area (TPSA) is 30.9 Å². The van der Waals surface area contributed by atoms with Gasteiger partial charge in [-0.1, -0.05) is 82.6 Å². The van der Waals surface area contributed by atoms with Crippen LogP contribution in [0.1, 0.15) is 99.0 Å². The minimum absolute atomic E-state index is 0.199. The Morgan fingerprint density at radius 2 is 1.53 bits per heavy atom. The molecule has 0 saturated heterocycles. The van der Waals surface area contributed by atoms with Gasteiger partial charge in [0.15, 0.2) is 0 Å². The summed E-state index contributed by atoms with van der Waals surface area (Å²) >= 11 is 0. The molecule has 0 amide bonds. The minimum Gasteiger partial charge on any atom is -0.418 e. The van der Waals surface area contributed by atoms with E-state index in [4.69, 9.17) is 9.84 Å². The van der Waals surface area contributed by atoms with E-state index in [2.05, 4.69) is 93.5 Å². The Balaban J connectivity index is 0.000000556. The molecule has 1 aliphatic heterocycles. The first kappa shape index (κ1) is 26.4. The molecule has 36 heavy (non-hydrogen) atoms. The van der Waals surface area contributed by atoms with Crippen LogP contribution in [0.2, 0.25) is 0 Å². The monoisotopic (exact) mass is 503 g/mol. The number of ether oxygens (including phenoxy) is 1. The van der Waals surface area contributed by atoms with Crippen LogP contribution in [0, 0.1) is 0 Å². The summed E-state index contributed by atoms with van der Waals surface area (Å²) in [5, 5.41) is 5.07. The summed E-state index contributed by atoms with van der Waals surface area (Å²) in [5.41, 5.74) is 8.19. The third-order valence-corrected chi connectivity index (χ3v) is 6.96. The summed E-state index contributed by atoms with van der Waals surface area (Å²) in [4.78, 5) is 0. The van der Waals surface area contributed by atoms with Crippen molar-refractivity contribution >= 4 is 7.25 Å². The van der Waals surface area contributed by atoms with Crippen LogP contribution < -0.4 is 4.57 Å². The molecule has 2 atom stereocenters. The van der Waals surface area contributed by atoms with E-state index in [1.165, 1.54) is 33.5 Å². The van der Waals surface area contributed by atoms with Gasteiger partial charge in [-0.15, -0.1) is 0 Å². The molecule has 2 aromatic carbocycles. The lowest BCUT2D eigenvalue weighted by Gasteiger charge is -2.23. The third-order valence-electron chi connectivity index (χ3n) is 6.96. The standard InChI is InChI=1S/C27H34N3O.BF4/c1-16(2)20-11-22(17(3)4)26(23(12-20)18(5)6)30-15-29-25(28-30)14-31-24-13-19-9-7-8-10-21(19)27(24)29;2-1(3,4)5/h7-12,15-18,24,27H,13-14H2,1-6H3;/q+1;-1/t24-,27+;/m1./s1. The second-order valence-electron chi connectivity index (χ2n) is 10.6. The van der Waals surface area contributed by atoms with Gasteiger partial charge < -0.3 is 22.0 Å².